The fourth-order valence-electron chi connectivity index (χ4n) is 4.54. The number of halogens is 1. The first-order valence-corrected chi connectivity index (χ1v) is 12.8. The molecule has 192 valence electrons. The van der Waals surface area contributed by atoms with E-state index in [1.807, 2.05) is 48.5 Å². The van der Waals surface area contributed by atoms with E-state index in [1.165, 1.54) is 0 Å². The summed E-state index contributed by atoms with van der Waals surface area (Å²) in [5.41, 5.74) is 6.24. The zero-order chi connectivity index (χ0) is 26.8. The van der Waals surface area contributed by atoms with E-state index in [-0.39, 0.29) is 5.91 Å². The molecule has 2 heterocycles. The van der Waals surface area contributed by atoms with Crippen molar-refractivity contribution in [2.75, 3.05) is 19.5 Å². The average molecular weight is 571 g/mol. The normalized spacial score (nSPS) is 10.9. The number of aromatic nitrogens is 3. The predicted molar refractivity (Wildman–Crippen MR) is 153 cm³/mol. The summed E-state index contributed by atoms with van der Waals surface area (Å²) < 4.78 is 15.7. The van der Waals surface area contributed by atoms with Crippen LogP contribution in [0.4, 0.5) is 5.82 Å². The Balaban J connectivity index is 1.56. The van der Waals surface area contributed by atoms with Crippen LogP contribution < -0.4 is 14.8 Å². The molecular weight excluding hydrogens is 544 g/mol. The van der Waals surface area contributed by atoms with Crippen LogP contribution in [0.1, 0.15) is 21.7 Å². The van der Waals surface area contributed by atoms with Gasteiger partial charge in [-0.3, -0.25) is 4.79 Å². The lowest BCUT2D eigenvalue weighted by molar-refractivity contribution is 0.102. The van der Waals surface area contributed by atoms with Crippen molar-refractivity contribution < 1.29 is 14.3 Å². The number of benzene rings is 3. The van der Waals surface area contributed by atoms with Crippen LogP contribution in [0, 0.1) is 13.8 Å². The molecule has 0 bridgehead atoms. The molecule has 0 spiro atoms. The number of ether oxygens (including phenoxy) is 2. The molecule has 8 heteroatoms. The second kappa shape index (κ2) is 10.6. The monoisotopic (exact) mass is 570 g/mol. The van der Waals surface area contributed by atoms with E-state index >= 15 is 0 Å². The summed E-state index contributed by atoms with van der Waals surface area (Å²) in [6.07, 6.45) is 0. The van der Waals surface area contributed by atoms with Crippen LogP contribution in [-0.2, 0) is 0 Å². The molecule has 5 aromatic rings. The molecule has 0 aliphatic rings. The van der Waals surface area contributed by atoms with Crippen LogP contribution >= 0.6 is 15.9 Å². The third-order valence-corrected chi connectivity index (χ3v) is 6.92. The number of para-hydroxylation sites is 1. The third kappa shape index (κ3) is 4.82. The molecule has 0 unspecified atom stereocenters. The van der Waals surface area contributed by atoms with Crippen LogP contribution in [0.5, 0.6) is 11.5 Å². The number of rotatable bonds is 7. The number of amides is 1. The van der Waals surface area contributed by atoms with E-state index in [0.717, 1.165) is 38.5 Å². The predicted octanol–water partition coefficient (Wildman–Crippen LogP) is 6.98. The quantitative estimate of drug-likeness (QED) is 0.229. The Kier molecular flexibility index (Phi) is 7.07. The van der Waals surface area contributed by atoms with Crippen LogP contribution in [0.15, 0.2) is 89.4 Å². The van der Waals surface area contributed by atoms with Gasteiger partial charge in [-0.15, -0.1) is 0 Å². The summed E-state index contributed by atoms with van der Waals surface area (Å²) in [4.78, 5) is 13.3. The zero-order valence-electron chi connectivity index (χ0n) is 21.5. The molecular formula is C30H27BrN4O3. The average Bonchev–Trinajstić information content (AvgIpc) is 3.49. The van der Waals surface area contributed by atoms with E-state index in [2.05, 4.69) is 57.9 Å². The fourth-order valence-corrected chi connectivity index (χ4v) is 4.81. The molecule has 2 aromatic heterocycles. The first-order valence-electron chi connectivity index (χ1n) is 12.0. The minimum Gasteiger partial charge on any atom is -0.493 e. The topological polar surface area (TPSA) is 70.3 Å². The number of nitrogens with one attached hydrogen (secondary N) is 1. The van der Waals surface area contributed by atoms with E-state index in [9.17, 15) is 4.79 Å². The van der Waals surface area contributed by atoms with Crippen LogP contribution in [0.2, 0.25) is 0 Å². The molecule has 3 aromatic carbocycles. The first kappa shape index (κ1) is 25.4. The molecule has 0 aliphatic heterocycles. The summed E-state index contributed by atoms with van der Waals surface area (Å²) >= 11 is 3.51. The van der Waals surface area contributed by atoms with Crippen molar-refractivity contribution in [1.82, 2.24) is 14.3 Å². The highest BCUT2D eigenvalue weighted by Crippen LogP contribution is 2.33. The van der Waals surface area contributed by atoms with Gasteiger partial charge >= 0.3 is 0 Å². The van der Waals surface area contributed by atoms with Gasteiger partial charge in [0.05, 0.1) is 25.6 Å². The van der Waals surface area contributed by atoms with Gasteiger partial charge in [-0.05, 0) is 74.5 Å². The van der Waals surface area contributed by atoms with Gasteiger partial charge in [0.1, 0.15) is 5.82 Å². The number of aryl methyl sites for hydroxylation is 1. The number of nitrogens with zero attached hydrogens (tertiary/aromatic N) is 3. The number of hydrogen-bond acceptors (Lipinski definition) is 4. The maximum absolute atomic E-state index is 13.3. The van der Waals surface area contributed by atoms with E-state index in [0.29, 0.717) is 22.9 Å². The van der Waals surface area contributed by atoms with Crippen molar-refractivity contribution in [3.63, 3.8) is 0 Å². The maximum Gasteiger partial charge on any atom is 0.256 e. The molecule has 1 N–H and O–H groups in total. The van der Waals surface area contributed by atoms with E-state index in [4.69, 9.17) is 14.6 Å². The SMILES string of the molecule is COc1ccc(C(=O)Nc2cc(-c3cc(C)n(-c4ccc(Br)cc4)c3C)nn2-c2ccccc2)cc1OC. The molecule has 0 radical (unpaired) electrons. The number of carbonyl (C=O) groups excluding carboxylic acids is 1. The van der Waals surface area contributed by atoms with Gasteiger partial charge in [0.2, 0.25) is 0 Å². The Morgan fingerprint density at radius 2 is 1.55 bits per heavy atom. The van der Waals surface area contributed by atoms with Gasteiger partial charge in [0.25, 0.3) is 5.91 Å². The van der Waals surface area contributed by atoms with Crippen LogP contribution in [-0.4, -0.2) is 34.5 Å². The number of anilines is 1. The lowest BCUT2D eigenvalue weighted by Gasteiger charge is -2.11. The smallest absolute Gasteiger partial charge is 0.256 e. The van der Waals surface area contributed by atoms with Crippen LogP contribution in [0.3, 0.4) is 0 Å². The standard InChI is InChI=1S/C30H27BrN4O3/c1-19-16-25(20(2)34(19)23-13-11-22(31)12-14-23)26-18-29(35(33-26)24-8-6-5-7-9-24)32-30(36)21-10-15-27(37-3)28(17-21)38-4/h5-18H,1-4H3,(H,32,36). The second-order valence-electron chi connectivity index (χ2n) is 8.78. The highest BCUT2D eigenvalue weighted by atomic mass is 79.9. The number of methoxy groups -OCH3 is 2. The maximum atomic E-state index is 13.3. The lowest BCUT2D eigenvalue weighted by atomic mass is 10.1. The van der Waals surface area contributed by atoms with Gasteiger partial charge in [-0.1, -0.05) is 34.1 Å². The van der Waals surface area contributed by atoms with Gasteiger partial charge in [-0.25, -0.2) is 4.68 Å². The minimum atomic E-state index is -0.282. The Morgan fingerprint density at radius 1 is 0.842 bits per heavy atom. The van der Waals surface area contributed by atoms with Crippen molar-refractivity contribution in [2.24, 2.45) is 0 Å². The zero-order valence-corrected chi connectivity index (χ0v) is 23.1. The van der Waals surface area contributed by atoms with Crippen molar-refractivity contribution in [1.29, 1.82) is 0 Å². The molecule has 0 aliphatic carbocycles. The van der Waals surface area contributed by atoms with Gasteiger partial charge in [0, 0.05) is 38.7 Å². The Morgan fingerprint density at radius 3 is 2.24 bits per heavy atom. The second-order valence-corrected chi connectivity index (χ2v) is 9.70. The van der Waals surface area contributed by atoms with Crippen molar-refractivity contribution in [3.05, 3.63) is 106 Å². The Labute approximate surface area is 229 Å². The molecule has 5 rings (SSSR count). The van der Waals surface area contributed by atoms with Crippen LogP contribution in [0.25, 0.3) is 22.6 Å². The lowest BCUT2D eigenvalue weighted by Crippen LogP contribution is -2.15. The molecule has 0 saturated heterocycles. The summed E-state index contributed by atoms with van der Waals surface area (Å²) in [5.74, 6) is 1.31. The molecule has 7 nitrogen and oxygen atoms in total. The minimum absolute atomic E-state index is 0.282. The number of hydrogen-bond donors (Lipinski definition) is 1. The molecule has 38 heavy (non-hydrogen) atoms. The molecule has 1 amide bonds. The fraction of sp³-hybridized carbons (Fsp3) is 0.133. The Bertz CT molecular complexity index is 1610. The highest BCUT2D eigenvalue weighted by molar-refractivity contribution is 9.10. The summed E-state index contributed by atoms with van der Waals surface area (Å²) in [5, 5.41) is 7.95. The molecule has 0 atom stereocenters. The van der Waals surface area contributed by atoms with E-state index < -0.39 is 0 Å². The van der Waals surface area contributed by atoms with Crippen molar-refractivity contribution in [3.8, 4) is 34.1 Å². The van der Waals surface area contributed by atoms with Gasteiger partial charge in [-0.2, -0.15) is 5.10 Å². The summed E-state index contributed by atoms with van der Waals surface area (Å²) in [7, 11) is 3.10. The summed E-state index contributed by atoms with van der Waals surface area (Å²) in [6, 6.07) is 27.0. The van der Waals surface area contributed by atoms with E-state index in [1.54, 1.807) is 37.1 Å². The largest absolute Gasteiger partial charge is 0.493 e. The molecule has 0 saturated carbocycles. The first-order chi connectivity index (χ1) is 18.4. The van der Waals surface area contributed by atoms with Gasteiger partial charge < -0.3 is 19.4 Å². The highest BCUT2D eigenvalue weighted by Gasteiger charge is 2.20. The summed E-state index contributed by atoms with van der Waals surface area (Å²) in [6.45, 7) is 4.15. The third-order valence-electron chi connectivity index (χ3n) is 6.39. The Hall–Kier alpha value is -4.30. The van der Waals surface area contributed by atoms with Crippen molar-refractivity contribution in [2.45, 2.75) is 13.8 Å². The van der Waals surface area contributed by atoms with Crippen molar-refractivity contribution >= 4 is 27.7 Å². The number of carbonyl (C=O) groups is 1. The van der Waals surface area contributed by atoms with Gasteiger partial charge in [0.15, 0.2) is 11.5 Å². The molecule has 0 fully saturated rings.